The summed E-state index contributed by atoms with van der Waals surface area (Å²) in [5.41, 5.74) is 8.72. The van der Waals surface area contributed by atoms with Gasteiger partial charge in [0.25, 0.3) is 5.91 Å². The first-order chi connectivity index (χ1) is 18.9. The van der Waals surface area contributed by atoms with E-state index in [4.69, 9.17) is 10.7 Å². The topological polar surface area (TPSA) is 101 Å². The molecule has 13 heteroatoms. The lowest BCUT2D eigenvalue weighted by molar-refractivity contribution is -0.183. The predicted molar refractivity (Wildman–Crippen MR) is 160 cm³/mol. The number of nitrogens with two attached hydrogens (primary N) is 1. The van der Waals surface area contributed by atoms with Crippen LogP contribution >= 0.6 is 24.8 Å². The number of aromatic nitrogens is 4. The first-order valence-corrected chi connectivity index (χ1v) is 13.6. The molecule has 6 rings (SSSR count). The van der Waals surface area contributed by atoms with E-state index in [0.29, 0.717) is 34.7 Å². The van der Waals surface area contributed by atoms with E-state index in [9.17, 15) is 18.0 Å². The summed E-state index contributed by atoms with van der Waals surface area (Å²) in [5.74, 6) is 0.415. The maximum absolute atomic E-state index is 14.3. The number of carbonyl (C=O) groups is 1. The van der Waals surface area contributed by atoms with E-state index < -0.39 is 17.8 Å². The molecule has 1 unspecified atom stereocenters. The fourth-order valence-electron chi connectivity index (χ4n) is 5.63. The highest BCUT2D eigenvalue weighted by molar-refractivity contribution is 6.01. The van der Waals surface area contributed by atoms with E-state index in [0.717, 1.165) is 23.8 Å². The van der Waals surface area contributed by atoms with Crippen molar-refractivity contribution in [2.24, 2.45) is 5.73 Å². The SMILES string of the molecule is CC(C)(C)NC(=O)c1ccc2ccc(-c3nnc4ccc([C@@H](N5CCC(N)C5)C(F)(F)F)cn34)nc2c1C1CC1.Cl.Cl. The Balaban J connectivity index is 0.00000202. The van der Waals surface area contributed by atoms with Crippen molar-refractivity contribution in [3.05, 3.63) is 59.3 Å². The zero-order valence-corrected chi connectivity index (χ0v) is 25.1. The Morgan fingerprint density at radius 1 is 1.02 bits per heavy atom. The highest BCUT2D eigenvalue weighted by atomic mass is 35.5. The van der Waals surface area contributed by atoms with E-state index in [-0.39, 0.29) is 61.3 Å². The third-order valence-electron chi connectivity index (χ3n) is 7.52. The van der Waals surface area contributed by atoms with Crippen LogP contribution in [0.25, 0.3) is 28.1 Å². The fourth-order valence-corrected chi connectivity index (χ4v) is 5.63. The highest BCUT2D eigenvalue weighted by Crippen LogP contribution is 2.45. The molecule has 2 aliphatic rings. The maximum Gasteiger partial charge on any atom is 0.408 e. The molecule has 0 bridgehead atoms. The predicted octanol–water partition coefficient (Wildman–Crippen LogP) is 5.83. The van der Waals surface area contributed by atoms with Crippen LogP contribution in [0.5, 0.6) is 0 Å². The van der Waals surface area contributed by atoms with Crippen molar-refractivity contribution in [2.75, 3.05) is 13.1 Å². The van der Waals surface area contributed by atoms with Crippen molar-refractivity contribution in [2.45, 2.75) is 69.8 Å². The minimum Gasteiger partial charge on any atom is -0.347 e. The zero-order chi connectivity index (χ0) is 28.4. The highest BCUT2D eigenvalue weighted by Gasteiger charge is 2.46. The second-order valence-corrected chi connectivity index (χ2v) is 12.0. The third kappa shape index (κ3) is 6.20. The lowest BCUT2D eigenvalue weighted by Crippen LogP contribution is -2.41. The number of halogens is 5. The van der Waals surface area contributed by atoms with Gasteiger partial charge in [-0.2, -0.15) is 13.2 Å². The summed E-state index contributed by atoms with van der Waals surface area (Å²) in [6.07, 6.45) is -0.565. The first kappa shape index (κ1) is 31.9. The van der Waals surface area contributed by atoms with Gasteiger partial charge in [0.05, 0.1) is 5.52 Å². The number of nitrogens with one attached hydrogen (secondary N) is 1. The summed E-state index contributed by atoms with van der Waals surface area (Å²) in [6, 6.07) is 8.36. The number of likely N-dealkylation sites (tertiary alicyclic amines) is 1. The van der Waals surface area contributed by atoms with E-state index in [1.807, 2.05) is 39.0 Å². The van der Waals surface area contributed by atoms with Gasteiger partial charge in [-0.3, -0.25) is 14.1 Å². The van der Waals surface area contributed by atoms with Crippen LogP contribution in [0, 0.1) is 0 Å². The molecule has 226 valence electrons. The number of rotatable bonds is 5. The number of pyridine rings is 2. The van der Waals surface area contributed by atoms with Gasteiger partial charge in [-0.25, -0.2) is 4.98 Å². The van der Waals surface area contributed by atoms with Crippen LogP contribution in [0.4, 0.5) is 13.2 Å². The molecule has 1 aliphatic heterocycles. The molecular formula is C29H34Cl2F3N7O. The second kappa shape index (κ2) is 11.6. The largest absolute Gasteiger partial charge is 0.408 e. The smallest absolute Gasteiger partial charge is 0.347 e. The van der Waals surface area contributed by atoms with E-state index in [2.05, 4.69) is 15.5 Å². The number of hydrogen-bond donors (Lipinski definition) is 2. The van der Waals surface area contributed by atoms with Gasteiger partial charge >= 0.3 is 6.18 Å². The molecule has 4 aromatic rings. The van der Waals surface area contributed by atoms with Gasteiger partial charge in [-0.15, -0.1) is 35.0 Å². The Morgan fingerprint density at radius 3 is 2.36 bits per heavy atom. The van der Waals surface area contributed by atoms with Crippen LogP contribution in [0.2, 0.25) is 0 Å². The molecule has 1 saturated carbocycles. The number of nitrogens with zero attached hydrogens (tertiary/aromatic N) is 5. The zero-order valence-electron chi connectivity index (χ0n) is 23.5. The van der Waals surface area contributed by atoms with E-state index in [1.54, 1.807) is 16.5 Å². The second-order valence-electron chi connectivity index (χ2n) is 12.0. The van der Waals surface area contributed by atoms with E-state index >= 15 is 0 Å². The minimum absolute atomic E-state index is 0. The van der Waals surface area contributed by atoms with E-state index in [1.165, 1.54) is 17.2 Å². The lowest BCUT2D eigenvalue weighted by Gasteiger charge is -2.30. The molecule has 1 aliphatic carbocycles. The molecule has 4 heterocycles. The lowest BCUT2D eigenvalue weighted by atomic mass is 9.97. The van der Waals surface area contributed by atoms with Crippen molar-refractivity contribution in [3.8, 4) is 11.5 Å². The number of carbonyl (C=O) groups excluding carboxylic acids is 1. The molecule has 3 aromatic heterocycles. The first-order valence-electron chi connectivity index (χ1n) is 13.6. The van der Waals surface area contributed by atoms with Gasteiger partial charge < -0.3 is 11.1 Å². The van der Waals surface area contributed by atoms with Crippen LogP contribution in [0.1, 0.15) is 73.5 Å². The summed E-state index contributed by atoms with van der Waals surface area (Å²) in [5, 5.41) is 12.4. The monoisotopic (exact) mass is 623 g/mol. The van der Waals surface area contributed by atoms with Gasteiger partial charge in [0.1, 0.15) is 11.7 Å². The molecule has 2 fully saturated rings. The quantitative estimate of drug-likeness (QED) is 0.290. The summed E-state index contributed by atoms with van der Waals surface area (Å²) in [7, 11) is 0. The van der Waals surface area contributed by atoms with Crippen molar-refractivity contribution < 1.29 is 18.0 Å². The summed E-state index contributed by atoms with van der Waals surface area (Å²) in [4.78, 5) is 19.5. The molecule has 2 atom stereocenters. The van der Waals surface area contributed by atoms with Crippen LogP contribution in [-0.4, -0.2) is 61.2 Å². The Morgan fingerprint density at radius 2 is 1.74 bits per heavy atom. The van der Waals surface area contributed by atoms with Gasteiger partial charge in [0.15, 0.2) is 11.5 Å². The van der Waals surface area contributed by atoms with Crippen LogP contribution in [-0.2, 0) is 0 Å². The molecule has 0 spiro atoms. The summed E-state index contributed by atoms with van der Waals surface area (Å²) in [6.45, 7) is 6.26. The third-order valence-corrected chi connectivity index (χ3v) is 7.52. The van der Waals surface area contributed by atoms with Crippen molar-refractivity contribution in [1.82, 2.24) is 29.8 Å². The molecule has 1 saturated heterocycles. The Hall–Kier alpha value is -2.99. The van der Waals surface area contributed by atoms with Gasteiger partial charge in [0, 0.05) is 41.8 Å². The maximum atomic E-state index is 14.3. The molecule has 42 heavy (non-hydrogen) atoms. The normalized spacial score (nSPS) is 18.5. The number of benzene rings is 1. The standard InChI is InChI=1S/C29H32F3N7O.2ClH/c1-28(2,3)35-27(40)20-9-6-17-7-10-21(34-24(17)23(20)16-4-5-16)26-37-36-22-11-8-18(14-39(22)26)25(29(30,31)32)38-13-12-19(33)15-38;;/h6-11,14,16,19,25H,4-5,12-13,15,33H2,1-3H3,(H,35,40);2*1H/t19?,25-;;/m1../s1. The van der Waals surface area contributed by atoms with Crippen molar-refractivity contribution in [1.29, 1.82) is 0 Å². The van der Waals surface area contributed by atoms with Crippen LogP contribution in [0.3, 0.4) is 0 Å². The summed E-state index contributed by atoms with van der Waals surface area (Å²) < 4.78 is 44.4. The fraction of sp³-hybridized carbons (Fsp3) is 0.448. The molecular weight excluding hydrogens is 590 g/mol. The Bertz CT molecular complexity index is 1610. The van der Waals surface area contributed by atoms with Gasteiger partial charge in [-0.1, -0.05) is 18.2 Å². The molecule has 1 amide bonds. The number of hydrogen-bond acceptors (Lipinski definition) is 6. The number of amides is 1. The van der Waals surface area contributed by atoms with Gasteiger partial charge in [0.2, 0.25) is 0 Å². The average molecular weight is 625 g/mol. The van der Waals surface area contributed by atoms with Crippen molar-refractivity contribution in [3.63, 3.8) is 0 Å². The number of fused-ring (bicyclic) bond motifs is 2. The Labute approximate surface area is 254 Å². The average Bonchev–Trinajstić information content (AvgIpc) is 3.49. The molecule has 3 N–H and O–H groups in total. The number of alkyl halides is 3. The van der Waals surface area contributed by atoms with Crippen LogP contribution in [0.15, 0.2) is 42.6 Å². The van der Waals surface area contributed by atoms with Gasteiger partial charge in [-0.05, 0) is 75.3 Å². The minimum atomic E-state index is -4.48. The molecule has 1 aromatic carbocycles. The summed E-state index contributed by atoms with van der Waals surface area (Å²) >= 11 is 0. The van der Waals surface area contributed by atoms with Crippen molar-refractivity contribution >= 4 is 47.3 Å². The molecule has 0 radical (unpaired) electrons. The molecule has 8 nitrogen and oxygen atoms in total. The Kier molecular flexibility index (Phi) is 8.82. The van der Waals surface area contributed by atoms with Crippen LogP contribution < -0.4 is 11.1 Å².